The molecule has 2 amide bonds. The highest BCUT2D eigenvalue weighted by Crippen LogP contribution is 2.30. The summed E-state index contributed by atoms with van der Waals surface area (Å²) in [7, 11) is 1.20. The number of ether oxygens (including phenoxy) is 3. The molecule has 0 aliphatic carbocycles. The van der Waals surface area contributed by atoms with Gasteiger partial charge in [-0.15, -0.1) is 0 Å². The number of methoxy groups -OCH3 is 1. The smallest absolute Gasteiger partial charge is 0.419 e. The fraction of sp³-hybridized carbons (Fsp3) is 0.200. The number of amides is 2. The van der Waals surface area contributed by atoms with Gasteiger partial charge in [0.25, 0.3) is 0 Å². The molecule has 13 heteroatoms. The van der Waals surface area contributed by atoms with Crippen LogP contribution in [-0.4, -0.2) is 40.4 Å². The molecule has 43 heavy (non-hydrogen) atoms. The van der Waals surface area contributed by atoms with Gasteiger partial charge in [0.1, 0.15) is 34.4 Å². The minimum absolute atomic E-state index is 0.00614. The molecule has 224 valence electrons. The quantitative estimate of drug-likeness (QED) is 0.196. The van der Waals surface area contributed by atoms with Crippen LogP contribution in [0.1, 0.15) is 36.8 Å². The second-order valence-corrected chi connectivity index (χ2v) is 10.3. The zero-order chi connectivity index (χ0) is 31.3. The maximum atomic E-state index is 14.0. The predicted octanol–water partition coefficient (Wildman–Crippen LogP) is 5.74. The van der Waals surface area contributed by atoms with Crippen molar-refractivity contribution in [3.05, 3.63) is 83.9 Å². The van der Waals surface area contributed by atoms with E-state index in [2.05, 4.69) is 15.6 Å². The standard InChI is InChI=1S/C30H31FN6O6/c1-30(2,3)43-29(40)37-16-18(12-25(37)27(38)41-4)23-13-21(14-26(33)35-23)42-20-8-6-19(7-9-20)34-28(39)36-24-11-17(15-32)5-10-22(24)31/h5-14,16H,15,32H2,1-4H3,(H2,33,35)(H2,34,36,39). The summed E-state index contributed by atoms with van der Waals surface area (Å²) < 4.78 is 31.3. The van der Waals surface area contributed by atoms with Crippen LogP contribution in [0.3, 0.4) is 0 Å². The molecule has 0 unspecified atom stereocenters. The number of nitrogens with two attached hydrogens (primary N) is 2. The molecule has 6 N–H and O–H groups in total. The second-order valence-electron chi connectivity index (χ2n) is 10.3. The molecule has 12 nitrogen and oxygen atoms in total. The van der Waals surface area contributed by atoms with Crippen molar-refractivity contribution in [1.82, 2.24) is 9.55 Å². The zero-order valence-corrected chi connectivity index (χ0v) is 23.9. The molecule has 0 radical (unpaired) electrons. The Morgan fingerprint density at radius 3 is 2.35 bits per heavy atom. The summed E-state index contributed by atoms with van der Waals surface area (Å²) in [5.74, 6) is -0.478. The lowest BCUT2D eigenvalue weighted by Gasteiger charge is -2.20. The minimum atomic E-state index is -0.797. The third-order valence-electron chi connectivity index (χ3n) is 5.78. The number of benzene rings is 2. The molecule has 0 atom stereocenters. The first-order chi connectivity index (χ1) is 20.3. The van der Waals surface area contributed by atoms with Crippen LogP contribution < -0.4 is 26.8 Å². The van der Waals surface area contributed by atoms with E-state index in [1.807, 2.05) is 0 Å². The second kappa shape index (κ2) is 12.6. The zero-order valence-electron chi connectivity index (χ0n) is 23.9. The Kier molecular flexibility index (Phi) is 8.95. The summed E-state index contributed by atoms with van der Waals surface area (Å²) in [5, 5.41) is 5.08. The molecule has 0 spiro atoms. The Balaban J connectivity index is 1.50. The number of esters is 1. The summed E-state index contributed by atoms with van der Waals surface area (Å²) >= 11 is 0. The van der Waals surface area contributed by atoms with Crippen LogP contribution >= 0.6 is 0 Å². The number of carbonyl (C=O) groups excluding carboxylic acids is 3. The van der Waals surface area contributed by atoms with Crippen LogP contribution in [-0.2, 0) is 16.0 Å². The van der Waals surface area contributed by atoms with E-state index in [4.69, 9.17) is 25.7 Å². The van der Waals surface area contributed by atoms with Crippen molar-refractivity contribution in [3.63, 3.8) is 0 Å². The predicted molar refractivity (Wildman–Crippen MR) is 158 cm³/mol. The van der Waals surface area contributed by atoms with Crippen LogP contribution in [0, 0.1) is 5.82 Å². The number of anilines is 3. The van der Waals surface area contributed by atoms with Gasteiger partial charge in [-0.05, 0) is 68.8 Å². The van der Waals surface area contributed by atoms with E-state index in [9.17, 15) is 18.8 Å². The SMILES string of the molecule is COC(=O)c1cc(-c2cc(Oc3ccc(NC(=O)Nc4cc(CN)ccc4F)cc3)cc(N)n2)cn1C(=O)OC(C)(C)C. The van der Waals surface area contributed by atoms with Crippen LogP contribution in [0.2, 0.25) is 0 Å². The first kappa shape index (κ1) is 30.5. The van der Waals surface area contributed by atoms with Gasteiger partial charge in [0.2, 0.25) is 0 Å². The summed E-state index contributed by atoms with van der Waals surface area (Å²) in [4.78, 5) is 41.8. The number of carbonyl (C=O) groups is 3. The van der Waals surface area contributed by atoms with Crippen molar-refractivity contribution < 1.29 is 33.0 Å². The van der Waals surface area contributed by atoms with Crippen LogP contribution in [0.5, 0.6) is 11.5 Å². The number of nitrogens with zero attached hydrogens (tertiary/aromatic N) is 2. The molecule has 0 saturated carbocycles. The third-order valence-corrected chi connectivity index (χ3v) is 5.78. The molecule has 4 aromatic rings. The van der Waals surface area contributed by atoms with E-state index < -0.39 is 29.5 Å². The lowest BCUT2D eigenvalue weighted by molar-refractivity contribution is 0.0483. The number of hydrogen-bond donors (Lipinski definition) is 4. The number of pyridine rings is 1. The lowest BCUT2D eigenvalue weighted by Crippen LogP contribution is -2.28. The highest BCUT2D eigenvalue weighted by molar-refractivity contribution is 6.00. The normalized spacial score (nSPS) is 11.0. The number of hydrogen-bond acceptors (Lipinski definition) is 9. The van der Waals surface area contributed by atoms with Gasteiger partial charge in [0, 0.05) is 36.1 Å². The summed E-state index contributed by atoms with van der Waals surface area (Å²) in [6, 6.07) is 14.5. The molecule has 4 rings (SSSR count). The van der Waals surface area contributed by atoms with Gasteiger partial charge in [0.05, 0.1) is 18.5 Å². The van der Waals surface area contributed by atoms with Gasteiger partial charge >= 0.3 is 18.1 Å². The first-order valence-electron chi connectivity index (χ1n) is 13.0. The first-order valence-corrected chi connectivity index (χ1v) is 13.0. The molecular weight excluding hydrogens is 559 g/mol. The molecule has 0 aliphatic rings. The van der Waals surface area contributed by atoms with Crippen LogP contribution in [0.4, 0.5) is 31.2 Å². The van der Waals surface area contributed by atoms with E-state index >= 15 is 0 Å². The van der Waals surface area contributed by atoms with Gasteiger partial charge in [0.15, 0.2) is 0 Å². The molecule has 2 aromatic carbocycles. The average molecular weight is 591 g/mol. The minimum Gasteiger partial charge on any atom is -0.464 e. The van der Waals surface area contributed by atoms with Crippen molar-refractivity contribution in [3.8, 4) is 22.8 Å². The topological polar surface area (TPSA) is 173 Å². The van der Waals surface area contributed by atoms with Crippen molar-refractivity contribution >= 4 is 35.3 Å². The summed E-state index contributed by atoms with van der Waals surface area (Å²) in [6.07, 6.45) is 0.631. The van der Waals surface area contributed by atoms with Crippen molar-refractivity contribution in [2.24, 2.45) is 5.73 Å². The third kappa shape index (κ3) is 7.86. The van der Waals surface area contributed by atoms with E-state index in [1.165, 1.54) is 43.6 Å². The van der Waals surface area contributed by atoms with Crippen LogP contribution in [0.15, 0.2) is 66.9 Å². The van der Waals surface area contributed by atoms with Crippen molar-refractivity contribution in [1.29, 1.82) is 0 Å². The highest BCUT2D eigenvalue weighted by atomic mass is 19.1. The average Bonchev–Trinajstić information content (AvgIpc) is 3.40. The Bertz CT molecular complexity index is 1660. The van der Waals surface area contributed by atoms with E-state index in [1.54, 1.807) is 51.1 Å². The van der Waals surface area contributed by atoms with Gasteiger partial charge in [-0.1, -0.05) is 6.07 Å². The fourth-order valence-electron chi connectivity index (χ4n) is 3.88. The molecule has 2 heterocycles. The van der Waals surface area contributed by atoms with E-state index in [-0.39, 0.29) is 23.7 Å². The number of halogens is 1. The monoisotopic (exact) mass is 590 g/mol. The Labute approximate surface area is 246 Å². The molecule has 0 bridgehead atoms. The lowest BCUT2D eigenvalue weighted by atomic mass is 10.2. The molecule has 0 saturated heterocycles. The number of aromatic nitrogens is 2. The number of rotatable bonds is 7. The molecule has 2 aromatic heterocycles. The number of nitrogens with one attached hydrogen (secondary N) is 2. The van der Waals surface area contributed by atoms with Crippen molar-refractivity contribution in [2.75, 3.05) is 23.5 Å². The largest absolute Gasteiger partial charge is 0.464 e. The Morgan fingerprint density at radius 2 is 1.70 bits per heavy atom. The van der Waals surface area contributed by atoms with Gasteiger partial charge < -0.3 is 36.3 Å². The number of nitrogen functional groups attached to an aromatic ring is 1. The fourth-order valence-corrected chi connectivity index (χ4v) is 3.88. The maximum Gasteiger partial charge on any atom is 0.419 e. The van der Waals surface area contributed by atoms with Crippen molar-refractivity contribution in [2.45, 2.75) is 32.9 Å². The number of urea groups is 1. The van der Waals surface area contributed by atoms with Gasteiger partial charge in [-0.2, -0.15) is 0 Å². The molecule has 0 fully saturated rings. The summed E-state index contributed by atoms with van der Waals surface area (Å²) in [6.45, 7) is 5.32. The summed E-state index contributed by atoms with van der Waals surface area (Å²) in [5.41, 5.74) is 12.6. The van der Waals surface area contributed by atoms with Gasteiger partial charge in [-0.25, -0.2) is 28.3 Å². The van der Waals surface area contributed by atoms with Crippen LogP contribution in [0.25, 0.3) is 11.3 Å². The van der Waals surface area contributed by atoms with E-state index in [0.717, 1.165) is 4.57 Å². The van der Waals surface area contributed by atoms with E-state index in [0.29, 0.717) is 34.0 Å². The maximum absolute atomic E-state index is 14.0. The Hall–Kier alpha value is -5.43. The molecular formula is C30H31FN6O6. The Morgan fingerprint density at radius 1 is 0.977 bits per heavy atom. The van der Waals surface area contributed by atoms with Gasteiger partial charge in [-0.3, -0.25) is 0 Å². The molecule has 0 aliphatic heterocycles. The highest BCUT2D eigenvalue weighted by Gasteiger charge is 2.25.